The van der Waals surface area contributed by atoms with Crippen LogP contribution in [0.3, 0.4) is 0 Å². The SMILES string of the molecule is CCC1CCCCC1Oc1c(N)cncc1Br. The summed E-state index contributed by atoms with van der Waals surface area (Å²) in [5.74, 6) is 1.41. The molecule has 0 radical (unpaired) electrons. The highest BCUT2D eigenvalue weighted by Crippen LogP contribution is 2.36. The number of halogens is 1. The summed E-state index contributed by atoms with van der Waals surface area (Å²) in [6.07, 6.45) is 9.83. The molecular weight excluding hydrogens is 280 g/mol. The second-order valence-electron chi connectivity index (χ2n) is 4.65. The predicted molar refractivity (Wildman–Crippen MR) is 73.0 cm³/mol. The van der Waals surface area contributed by atoms with Crippen molar-refractivity contribution in [3.8, 4) is 5.75 Å². The number of rotatable bonds is 3. The molecule has 0 aliphatic heterocycles. The first-order chi connectivity index (χ1) is 8.22. The van der Waals surface area contributed by atoms with Crippen molar-refractivity contribution in [2.75, 3.05) is 5.73 Å². The van der Waals surface area contributed by atoms with Crippen LogP contribution in [-0.4, -0.2) is 11.1 Å². The van der Waals surface area contributed by atoms with E-state index in [2.05, 4.69) is 27.8 Å². The fraction of sp³-hybridized carbons (Fsp3) is 0.615. The highest BCUT2D eigenvalue weighted by atomic mass is 79.9. The Labute approximate surface area is 111 Å². The highest BCUT2D eigenvalue weighted by Gasteiger charge is 2.26. The average molecular weight is 299 g/mol. The van der Waals surface area contributed by atoms with Crippen LogP contribution in [0.2, 0.25) is 0 Å². The van der Waals surface area contributed by atoms with E-state index in [-0.39, 0.29) is 0 Å². The Bertz CT molecular complexity index is 363. The normalized spacial score (nSPS) is 24.6. The van der Waals surface area contributed by atoms with Crippen molar-refractivity contribution in [2.24, 2.45) is 5.92 Å². The standard InChI is InChI=1S/C13H19BrN2O/c1-2-9-5-3-4-6-12(9)17-13-10(14)7-16-8-11(13)15/h7-9,12H,2-6,15H2,1H3. The van der Waals surface area contributed by atoms with Gasteiger partial charge in [0, 0.05) is 6.20 Å². The summed E-state index contributed by atoms with van der Waals surface area (Å²) in [5.41, 5.74) is 6.52. The molecule has 2 unspecified atom stereocenters. The second kappa shape index (κ2) is 5.71. The summed E-state index contributed by atoms with van der Waals surface area (Å²) in [5, 5.41) is 0. The highest BCUT2D eigenvalue weighted by molar-refractivity contribution is 9.10. The van der Waals surface area contributed by atoms with Crippen molar-refractivity contribution < 1.29 is 4.74 Å². The molecule has 0 bridgehead atoms. The van der Waals surface area contributed by atoms with Crippen LogP contribution in [-0.2, 0) is 0 Å². The maximum Gasteiger partial charge on any atom is 0.159 e. The third-order valence-electron chi connectivity index (χ3n) is 3.51. The van der Waals surface area contributed by atoms with Crippen LogP contribution in [0, 0.1) is 5.92 Å². The Morgan fingerprint density at radius 2 is 2.18 bits per heavy atom. The maximum atomic E-state index is 6.11. The Morgan fingerprint density at radius 3 is 2.88 bits per heavy atom. The Balaban J connectivity index is 2.13. The first-order valence-corrected chi connectivity index (χ1v) is 7.07. The van der Waals surface area contributed by atoms with Gasteiger partial charge in [0.15, 0.2) is 5.75 Å². The summed E-state index contributed by atoms with van der Waals surface area (Å²) >= 11 is 3.45. The van der Waals surface area contributed by atoms with Gasteiger partial charge in [0.2, 0.25) is 0 Å². The van der Waals surface area contributed by atoms with Gasteiger partial charge >= 0.3 is 0 Å². The zero-order valence-corrected chi connectivity index (χ0v) is 11.7. The lowest BCUT2D eigenvalue weighted by Gasteiger charge is -2.31. The molecule has 17 heavy (non-hydrogen) atoms. The van der Waals surface area contributed by atoms with Gasteiger partial charge in [-0.25, -0.2) is 0 Å². The molecule has 1 aromatic heterocycles. The third-order valence-corrected chi connectivity index (χ3v) is 4.08. The summed E-state index contributed by atoms with van der Waals surface area (Å²) in [7, 11) is 0. The first kappa shape index (κ1) is 12.7. The van der Waals surface area contributed by atoms with E-state index in [1.165, 1.54) is 25.7 Å². The molecule has 1 heterocycles. The topological polar surface area (TPSA) is 48.1 Å². The third kappa shape index (κ3) is 2.92. The van der Waals surface area contributed by atoms with Crippen LogP contribution in [0.5, 0.6) is 5.75 Å². The number of aromatic nitrogens is 1. The zero-order chi connectivity index (χ0) is 12.3. The number of ether oxygens (including phenoxy) is 1. The van der Waals surface area contributed by atoms with E-state index < -0.39 is 0 Å². The summed E-state index contributed by atoms with van der Waals surface area (Å²) in [6, 6.07) is 0. The molecule has 94 valence electrons. The molecule has 0 amide bonds. The molecular formula is C13H19BrN2O. The van der Waals surface area contributed by atoms with Gasteiger partial charge in [-0.1, -0.05) is 13.3 Å². The summed E-state index contributed by atoms with van der Waals surface area (Å²) < 4.78 is 6.95. The van der Waals surface area contributed by atoms with Crippen LogP contribution >= 0.6 is 15.9 Å². The van der Waals surface area contributed by atoms with Crippen LogP contribution in [0.25, 0.3) is 0 Å². The Morgan fingerprint density at radius 1 is 1.41 bits per heavy atom. The predicted octanol–water partition coefficient (Wildman–Crippen LogP) is 3.77. The van der Waals surface area contributed by atoms with Crippen molar-refractivity contribution in [3.63, 3.8) is 0 Å². The van der Waals surface area contributed by atoms with E-state index in [9.17, 15) is 0 Å². The lowest BCUT2D eigenvalue weighted by Crippen LogP contribution is -2.30. The van der Waals surface area contributed by atoms with Crippen LogP contribution < -0.4 is 10.5 Å². The molecule has 0 spiro atoms. The van der Waals surface area contributed by atoms with Gasteiger partial charge in [-0.3, -0.25) is 4.98 Å². The number of hydrogen-bond donors (Lipinski definition) is 1. The minimum atomic E-state index is 0.301. The van der Waals surface area contributed by atoms with Gasteiger partial charge in [0.25, 0.3) is 0 Å². The van der Waals surface area contributed by atoms with Gasteiger partial charge < -0.3 is 10.5 Å². The zero-order valence-electron chi connectivity index (χ0n) is 10.2. The fourth-order valence-electron chi connectivity index (χ4n) is 2.51. The van der Waals surface area contributed by atoms with Crippen molar-refractivity contribution in [1.29, 1.82) is 0 Å². The van der Waals surface area contributed by atoms with Crippen LogP contribution in [0.4, 0.5) is 5.69 Å². The fourth-order valence-corrected chi connectivity index (χ4v) is 2.95. The van der Waals surface area contributed by atoms with Gasteiger partial charge in [0.1, 0.15) is 6.10 Å². The smallest absolute Gasteiger partial charge is 0.159 e. The van der Waals surface area contributed by atoms with E-state index in [1.54, 1.807) is 12.4 Å². The number of nitrogens with zero attached hydrogens (tertiary/aromatic N) is 1. The minimum Gasteiger partial charge on any atom is -0.487 e. The van der Waals surface area contributed by atoms with Crippen molar-refractivity contribution in [3.05, 3.63) is 16.9 Å². The Hall–Kier alpha value is -0.770. The first-order valence-electron chi connectivity index (χ1n) is 6.28. The van der Waals surface area contributed by atoms with Gasteiger partial charge in [-0.05, 0) is 47.5 Å². The summed E-state index contributed by atoms with van der Waals surface area (Å²) in [4.78, 5) is 4.02. The number of anilines is 1. The van der Waals surface area contributed by atoms with Gasteiger partial charge in [-0.2, -0.15) is 0 Å². The molecule has 2 atom stereocenters. The number of nitrogens with two attached hydrogens (primary N) is 1. The quantitative estimate of drug-likeness (QED) is 0.924. The van der Waals surface area contributed by atoms with E-state index in [0.29, 0.717) is 17.7 Å². The molecule has 1 aromatic rings. The van der Waals surface area contributed by atoms with E-state index in [4.69, 9.17) is 10.5 Å². The molecule has 1 aliphatic rings. The molecule has 4 heteroatoms. The molecule has 2 N–H and O–H groups in total. The lowest BCUT2D eigenvalue weighted by atomic mass is 9.85. The van der Waals surface area contributed by atoms with E-state index in [0.717, 1.165) is 16.6 Å². The largest absolute Gasteiger partial charge is 0.487 e. The Kier molecular flexibility index (Phi) is 4.26. The monoisotopic (exact) mass is 298 g/mol. The van der Waals surface area contributed by atoms with Crippen molar-refractivity contribution in [1.82, 2.24) is 4.98 Å². The van der Waals surface area contributed by atoms with Crippen molar-refractivity contribution in [2.45, 2.75) is 45.1 Å². The molecule has 0 saturated heterocycles. The minimum absolute atomic E-state index is 0.301. The second-order valence-corrected chi connectivity index (χ2v) is 5.50. The molecule has 2 rings (SSSR count). The maximum absolute atomic E-state index is 6.11. The summed E-state index contributed by atoms with van der Waals surface area (Å²) in [6.45, 7) is 2.23. The average Bonchev–Trinajstić information content (AvgIpc) is 2.34. The van der Waals surface area contributed by atoms with Crippen LogP contribution in [0.15, 0.2) is 16.9 Å². The molecule has 1 aliphatic carbocycles. The number of hydrogen-bond acceptors (Lipinski definition) is 3. The molecule has 0 aromatic carbocycles. The molecule has 1 fully saturated rings. The molecule has 1 saturated carbocycles. The van der Waals surface area contributed by atoms with Gasteiger partial charge in [0.05, 0.1) is 16.4 Å². The lowest BCUT2D eigenvalue weighted by molar-refractivity contribution is 0.0903. The van der Waals surface area contributed by atoms with E-state index >= 15 is 0 Å². The van der Waals surface area contributed by atoms with Gasteiger partial charge in [-0.15, -0.1) is 0 Å². The number of pyridine rings is 1. The van der Waals surface area contributed by atoms with Crippen molar-refractivity contribution >= 4 is 21.6 Å². The van der Waals surface area contributed by atoms with E-state index in [1.807, 2.05) is 0 Å². The van der Waals surface area contributed by atoms with Crippen LogP contribution in [0.1, 0.15) is 39.0 Å². The molecule has 3 nitrogen and oxygen atoms in total. The number of nitrogen functional groups attached to an aromatic ring is 1.